The largest absolute Gasteiger partial charge is 0.308 e. The normalized spacial score (nSPS) is 16.0. The summed E-state index contributed by atoms with van der Waals surface area (Å²) in [5, 5.41) is 9.44. The summed E-state index contributed by atoms with van der Waals surface area (Å²) in [7, 11) is 4.20. The highest BCUT2D eigenvalue weighted by molar-refractivity contribution is 14.1. The van der Waals surface area contributed by atoms with Gasteiger partial charge < -0.3 is 4.90 Å². The number of nitrogens with zero attached hydrogens (tertiary/aromatic N) is 5. The van der Waals surface area contributed by atoms with Crippen molar-refractivity contribution in [1.82, 2.24) is 19.7 Å². The van der Waals surface area contributed by atoms with E-state index in [1.807, 2.05) is 6.07 Å². The Morgan fingerprint density at radius 1 is 0.939 bits per heavy atom. The van der Waals surface area contributed by atoms with Crippen molar-refractivity contribution in [3.63, 3.8) is 0 Å². The highest BCUT2D eigenvalue weighted by Gasteiger charge is 2.30. The second-order valence-corrected chi connectivity index (χ2v) is 9.90. The first-order chi connectivity index (χ1) is 16.0. The van der Waals surface area contributed by atoms with E-state index in [1.54, 1.807) is 0 Å². The number of aliphatic imine (C=N–C) groups is 1. The second-order valence-electron chi connectivity index (χ2n) is 8.66. The molecule has 1 aliphatic heterocycles. The standard InChI is InChI=1S/C27H26IN5/c1-18-26-30-31-27(23(17-32(2)3)19-10-6-4-7-11-19)33(26)24-15-14-21(28)16-22(24)25(29-18)20-12-8-5-9-13-20/h4-16,18,23H,17H2,1-3H3. The monoisotopic (exact) mass is 547 g/mol. The van der Waals surface area contributed by atoms with Crippen LogP contribution in [-0.2, 0) is 0 Å². The van der Waals surface area contributed by atoms with Crippen LogP contribution in [0.2, 0.25) is 0 Å². The molecule has 4 aromatic rings. The molecule has 0 aliphatic carbocycles. The lowest BCUT2D eigenvalue weighted by Crippen LogP contribution is -2.24. The number of hydrogen-bond acceptors (Lipinski definition) is 4. The molecule has 0 amide bonds. The van der Waals surface area contributed by atoms with E-state index >= 15 is 0 Å². The molecule has 2 atom stereocenters. The molecule has 1 aliphatic rings. The third kappa shape index (κ3) is 4.25. The van der Waals surface area contributed by atoms with Gasteiger partial charge in [-0.1, -0.05) is 60.7 Å². The summed E-state index contributed by atoms with van der Waals surface area (Å²) in [6, 6.07) is 27.4. The van der Waals surface area contributed by atoms with Crippen molar-refractivity contribution in [2.24, 2.45) is 4.99 Å². The SMILES string of the molecule is CC1N=C(c2ccccc2)c2cc(I)ccc2-n2c1nnc2C(CN(C)C)c1ccccc1. The second kappa shape index (κ2) is 9.19. The van der Waals surface area contributed by atoms with Crippen LogP contribution in [0.25, 0.3) is 5.69 Å². The van der Waals surface area contributed by atoms with E-state index in [4.69, 9.17) is 10.1 Å². The molecule has 0 spiro atoms. The van der Waals surface area contributed by atoms with Crippen LogP contribution >= 0.6 is 22.6 Å². The van der Waals surface area contributed by atoms with Gasteiger partial charge in [-0.2, -0.15) is 0 Å². The molecule has 5 nitrogen and oxygen atoms in total. The Bertz CT molecular complexity index is 1290. The van der Waals surface area contributed by atoms with Crippen LogP contribution < -0.4 is 0 Å². The molecular weight excluding hydrogens is 521 g/mol. The van der Waals surface area contributed by atoms with Crippen LogP contribution in [0.15, 0.2) is 83.9 Å². The van der Waals surface area contributed by atoms with Crippen molar-refractivity contribution in [2.45, 2.75) is 18.9 Å². The van der Waals surface area contributed by atoms with E-state index in [0.717, 1.165) is 40.7 Å². The lowest BCUT2D eigenvalue weighted by molar-refractivity contribution is 0.384. The highest BCUT2D eigenvalue weighted by Crippen LogP contribution is 2.35. The van der Waals surface area contributed by atoms with Crippen LogP contribution in [0.1, 0.15) is 47.2 Å². The third-order valence-corrected chi connectivity index (χ3v) is 6.64. The minimum atomic E-state index is -0.123. The Kier molecular flexibility index (Phi) is 6.12. The Morgan fingerprint density at radius 3 is 2.33 bits per heavy atom. The zero-order valence-electron chi connectivity index (χ0n) is 19.0. The minimum Gasteiger partial charge on any atom is -0.308 e. The zero-order valence-corrected chi connectivity index (χ0v) is 21.1. The summed E-state index contributed by atoms with van der Waals surface area (Å²) in [6.07, 6.45) is 0. The van der Waals surface area contributed by atoms with Gasteiger partial charge in [-0.3, -0.25) is 9.56 Å². The molecule has 33 heavy (non-hydrogen) atoms. The van der Waals surface area contributed by atoms with Gasteiger partial charge in [-0.25, -0.2) is 0 Å². The van der Waals surface area contributed by atoms with E-state index in [2.05, 4.69) is 131 Å². The molecular formula is C27H26IN5. The third-order valence-electron chi connectivity index (χ3n) is 5.97. The maximum atomic E-state index is 5.16. The quantitative estimate of drug-likeness (QED) is 0.311. The van der Waals surface area contributed by atoms with Gasteiger partial charge in [0.1, 0.15) is 11.9 Å². The Balaban J connectivity index is 1.75. The minimum absolute atomic E-state index is 0.0834. The molecule has 0 radical (unpaired) electrons. The van der Waals surface area contributed by atoms with E-state index in [-0.39, 0.29) is 12.0 Å². The summed E-state index contributed by atoms with van der Waals surface area (Å²) >= 11 is 2.38. The predicted octanol–water partition coefficient (Wildman–Crippen LogP) is 5.48. The lowest BCUT2D eigenvalue weighted by atomic mass is 9.96. The zero-order chi connectivity index (χ0) is 22.9. The average Bonchev–Trinajstić information content (AvgIpc) is 3.22. The smallest absolute Gasteiger partial charge is 0.162 e. The van der Waals surface area contributed by atoms with Crippen LogP contribution in [0, 0.1) is 3.57 Å². The maximum absolute atomic E-state index is 5.16. The number of hydrogen-bond donors (Lipinski definition) is 0. The van der Waals surface area contributed by atoms with Crippen LogP contribution in [-0.4, -0.2) is 46.0 Å². The topological polar surface area (TPSA) is 46.3 Å². The molecule has 1 aromatic heterocycles. The number of rotatable bonds is 5. The van der Waals surface area contributed by atoms with Crippen molar-refractivity contribution < 1.29 is 0 Å². The van der Waals surface area contributed by atoms with Crippen molar-refractivity contribution in [3.8, 4) is 5.69 Å². The summed E-state index contributed by atoms with van der Waals surface area (Å²) in [4.78, 5) is 7.36. The summed E-state index contributed by atoms with van der Waals surface area (Å²) < 4.78 is 3.42. The van der Waals surface area contributed by atoms with Crippen molar-refractivity contribution in [1.29, 1.82) is 0 Å². The number of aromatic nitrogens is 3. The van der Waals surface area contributed by atoms with Crippen LogP contribution in [0.4, 0.5) is 0 Å². The fraction of sp³-hybridized carbons (Fsp3) is 0.222. The molecule has 0 fully saturated rings. The average molecular weight is 547 g/mol. The molecule has 6 heteroatoms. The molecule has 0 bridgehead atoms. The van der Waals surface area contributed by atoms with Gasteiger partial charge in [0.25, 0.3) is 0 Å². The molecule has 5 rings (SSSR count). The first kappa shape index (κ1) is 22.0. The van der Waals surface area contributed by atoms with Gasteiger partial charge >= 0.3 is 0 Å². The predicted molar refractivity (Wildman–Crippen MR) is 141 cm³/mol. The Hall–Kier alpha value is -2.84. The molecule has 3 aromatic carbocycles. The van der Waals surface area contributed by atoms with Crippen molar-refractivity contribution in [2.75, 3.05) is 20.6 Å². The summed E-state index contributed by atoms with van der Waals surface area (Å²) in [5.74, 6) is 1.90. The van der Waals surface area contributed by atoms with Gasteiger partial charge in [0.05, 0.1) is 17.3 Å². The number of benzene rings is 3. The summed E-state index contributed by atoms with van der Waals surface area (Å²) in [5.41, 5.74) is 5.53. The van der Waals surface area contributed by atoms with E-state index in [1.165, 1.54) is 9.13 Å². The highest BCUT2D eigenvalue weighted by atomic mass is 127. The Labute approximate surface area is 208 Å². The van der Waals surface area contributed by atoms with Gasteiger partial charge in [0.15, 0.2) is 5.82 Å². The maximum Gasteiger partial charge on any atom is 0.162 e. The van der Waals surface area contributed by atoms with Crippen LogP contribution in [0.3, 0.4) is 0 Å². The molecule has 0 saturated heterocycles. The number of halogens is 1. The van der Waals surface area contributed by atoms with Crippen LogP contribution in [0.5, 0.6) is 0 Å². The van der Waals surface area contributed by atoms with Gasteiger partial charge in [0, 0.05) is 21.2 Å². The first-order valence-electron chi connectivity index (χ1n) is 11.1. The van der Waals surface area contributed by atoms with E-state index in [0.29, 0.717) is 0 Å². The lowest BCUT2D eigenvalue weighted by Gasteiger charge is -2.23. The van der Waals surface area contributed by atoms with Crippen molar-refractivity contribution >= 4 is 28.3 Å². The fourth-order valence-electron chi connectivity index (χ4n) is 4.48. The molecule has 166 valence electrons. The molecule has 0 saturated carbocycles. The fourth-order valence-corrected chi connectivity index (χ4v) is 4.97. The Morgan fingerprint density at radius 2 is 1.64 bits per heavy atom. The number of fused-ring (bicyclic) bond motifs is 3. The molecule has 2 heterocycles. The first-order valence-corrected chi connectivity index (χ1v) is 12.2. The van der Waals surface area contributed by atoms with Gasteiger partial charge in [-0.05, 0) is 67.4 Å². The van der Waals surface area contributed by atoms with Crippen molar-refractivity contribution in [3.05, 3.63) is 111 Å². The van der Waals surface area contributed by atoms with Gasteiger partial charge in [-0.15, -0.1) is 10.2 Å². The summed E-state index contributed by atoms with van der Waals surface area (Å²) in [6.45, 7) is 2.94. The molecule has 2 unspecified atom stereocenters. The van der Waals surface area contributed by atoms with E-state index in [9.17, 15) is 0 Å². The number of likely N-dealkylation sites (N-methyl/N-ethyl adjacent to an activating group) is 1. The van der Waals surface area contributed by atoms with Gasteiger partial charge in [0.2, 0.25) is 0 Å². The van der Waals surface area contributed by atoms with E-state index < -0.39 is 0 Å². The molecule has 0 N–H and O–H groups in total.